The molecule has 0 aliphatic rings. The summed E-state index contributed by atoms with van der Waals surface area (Å²) in [5, 5.41) is 4.48. The number of hydrazine groups is 1. The number of rotatable bonds is 4. The highest BCUT2D eigenvalue weighted by atomic mass is 19.4. The summed E-state index contributed by atoms with van der Waals surface area (Å²) in [5.41, 5.74) is 6.43. The number of hydrogen-bond donors (Lipinski definition) is 2. The maximum atomic E-state index is 12.7. The van der Waals surface area contributed by atoms with Gasteiger partial charge in [0.05, 0.1) is 11.1 Å². The molecule has 0 bridgehead atoms. The number of aryl methyl sites for hydroxylation is 1. The van der Waals surface area contributed by atoms with Crippen LogP contribution < -0.4 is 11.6 Å². The van der Waals surface area contributed by atoms with Crippen molar-refractivity contribution in [2.24, 2.45) is 5.84 Å². The number of carbonyl (C=O) groups is 1. The maximum absolute atomic E-state index is 12.7. The van der Waals surface area contributed by atoms with Crippen LogP contribution in [0.15, 0.2) is 47.0 Å². The summed E-state index contributed by atoms with van der Waals surface area (Å²) >= 11 is 0. The van der Waals surface area contributed by atoms with Gasteiger partial charge < -0.3 is 10.3 Å². The zero-order chi connectivity index (χ0) is 20.5. The fourth-order valence-electron chi connectivity index (χ4n) is 2.55. The minimum Gasteiger partial charge on any atom is -0.398 e. The third kappa shape index (κ3) is 4.12. The molecule has 2 aromatic carbocycles. The molecule has 3 aromatic rings. The molecule has 0 aliphatic heterocycles. The van der Waals surface area contributed by atoms with E-state index in [1.807, 2.05) is 0 Å². The van der Waals surface area contributed by atoms with E-state index in [1.165, 1.54) is 24.3 Å². The van der Waals surface area contributed by atoms with Gasteiger partial charge in [0.15, 0.2) is 5.82 Å². The first-order chi connectivity index (χ1) is 13.1. The lowest BCUT2D eigenvalue weighted by Crippen LogP contribution is -2.37. The van der Waals surface area contributed by atoms with Gasteiger partial charge in [0.2, 0.25) is 5.89 Å². The van der Waals surface area contributed by atoms with Gasteiger partial charge in [-0.1, -0.05) is 23.4 Å². The number of nitrogen functional groups attached to an aromatic ring is 1. The molecule has 0 aliphatic carbocycles. The van der Waals surface area contributed by atoms with Gasteiger partial charge in [-0.25, -0.2) is 5.84 Å². The fraction of sp³-hybridized carbons (Fsp3) is 0.167. The minimum absolute atomic E-state index is 0.108. The predicted octanol–water partition coefficient (Wildman–Crippen LogP) is 3.16. The van der Waals surface area contributed by atoms with Gasteiger partial charge in [0, 0.05) is 5.69 Å². The minimum atomic E-state index is -4.42. The fourth-order valence-corrected chi connectivity index (χ4v) is 2.55. The third-order valence-electron chi connectivity index (χ3n) is 3.97. The van der Waals surface area contributed by atoms with E-state index in [0.717, 1.165) is 17.1 Å². The molecule has 1 heterocycles. The van der Waals surface area contributed by atoms with E-state index in [1.54, 1.807) is 13.0 Å². The average molecular weight is 391 g/mol. The molecule has 10 heteroatoms. The van der Waals surface area contributed by atoms with Crippen LogP contribution in [0.25, 0.3) is 11.1 Å². The number of anilines is 1. The smallest absolute Gasteiger partial charge is 0.398 e. The second-order valence-electron chi connectivity index (χ2n) is 6.05. The van der Waals surface area contributed by atoms with E-state index < -0.39 is 17.6 Å². The van der Waals surface area contributed by atoms with Crippen LogP contribution in [0.5, 0.6) is 0 Å². The Kier molecular flexibility index (Phi) is 5.06. The van der Waals surface area contributed by atoms with E-state index >= 15 is 0 Å². The number of halogens is 3. The SMILES string of the molecule is Cc1noc(CN(N)C(=O)c2cc(-c3ccc(C(F)(F)F)cc3)ccc2N)n1. The molecule has 0 unspecified atom stereocenters. The van der Waals surface area contributed by atoms with Crippen LogP contribution in [0.1, 0.15) is 27.6 Å². The quantitative estimate of drug-likeness (QED) is 0.306. The maximum Gasteiger partial charge on any atom is 0.416 e. The van der Waals surface area contributed by atoms with Gasteiger partial charge >= 0.3 is 6.18 Å². The zero-order valence-electron chi connectivity index (χ0n) is 14.7. The normalized spacial score (nSPS) is 11.5. The highest BCUT2D eigenvalue weighted by Crippen LogP contribution is 2.31. The van der Waals surface area contributed by atoms with Crippen molar-refractivity contribution >= 4 is 11.6 Å². The number of nitrogens with two attached hydrogens (primary N) is 2. The Bertz CT molecular complexity index is 999. The monoisotopic (exact) mass is 391 g/mol. The van der Waals surface area contributed by atoms with Crippen LogP contribution in [0.4, 0.5) is 18.9 Å². The number of benzene rings is 2. The van der Waals surface area contributed by atoms with E-state index in [2.05, 4.69) is 10.1 Å². The second kappa shape index (κ2) is 7.31. The van der Waals surface area contributed by atoms with Crippen molar-refractivity contribution in [1.29, 1.82) is 0 Å². The van der Waals surface area contributed by atoms with Crippen LogP contribution in [-0.4, -0.2) is 21.1 Å². The van der Waals surface area contributed by atoms with Crippen molar-refractivity contribution < 1.29 is 22.5 Å². The van der Waals surface area contributed by atoms with Gasteiger partial charge in [-0.15, -0.1) is 0 Å². The molecule has 4 N–H and O–H groups in total. The van der Waals surface area contributed by atoms with Crippen LogP contribution in [-0.2, 0) is 12.7 Å². The number of carbonyl (C=O) groups excluding carboxylic acids is 1. The average Bonchev–Trinajstić information content (AvgIpc) is 3.05. The largest absolute Gasteiger partial charge is 0.416 e. The Labute approximate surface area is 157 Å². The summed E-state index contributed by atoms with van der Waals surface area (Å²) < 4.78 is 43.1. The predicted molar refractivity (Wildman–Crippen MR) is 94.4 cm³/mol. The first-order valence-corrected chi connectivity index (χ1v) is 8.08. The second-order valence-corrected chi connectivity index (χ2v) is 6.05. The van der Waals surface area contributed by atoms with Crippen LogP contribution in [0, 0.1) is 6.92 Å². The number of alkyl halides is 3. The Morgan fingerprint density at radius 1 is 1.14 bits per heavy atom. The number of amides is 1. The van der Waals surface area contributed by atoms with E-state index in [9.17, 15) is 18.0 Å². The molecule has 146 valence electrons. The first-order valence-electron chi connectivity index (χ1n) is 8.08. The lowest BCUT2D eigenvalue weighted by molar-refractivity contribution is -0.137. The van der Waals surface area contributed by atoms with Gasteiger partial charge in [-0.2, -0.15) is 18.2 Å². The standard InChI is InChI=1S/C18H16F3N5O2/c1-10-24-16(28-25-10)9-26(23)17(27)14-8-12(4-7-15(14)22)11-2-5-13(6-3-11)18(19,20)21/h2-8H,9,22-23H2,1H3. The summed E-state index contributed by atoms with van der Waals surface area (Å²) in [6.45, 7) is 1.50. The topological polar surface area (TPSA) is 111 Å². The van der Waals surface area contributed by atoms with Crippen LogP contribution >= 0.6 is 0 Å². The molecule has 0 radical (unpaired) electrons. The van der Waals surface area contributed by atoms with E-state index in [0.29, 0.717) is 17.0 Å². The molecular formula is C18H16F3N5O2. The zero-order valence-corrected chi connectivity index (χ0v) is 14.7. The number of hydrogen-bond acceptors (Lipinski definition) is 6. The third-order valence-corrected chi connectivity index (χ3v) is 3.97. The van der Waals surface area contributed by atoms with Crippen molar-refractivity contribution in [3.63, 3.8) is 0 Å². The molecule has 3 rings (SSSR count). The highest BCUT2D eigenvalue weighted by molar-refractivity contribution is 6.00. The lowest BCUT2D eigenvalue weighted by atomic mass is 10.00. The molecule has 1 amide bonds. The number of aromatic nitrogens is 2. The van der Waals surface area contributed by atoms with Crippen molar-refractivity contribution in [3.8, 4) is 11.1 Å². The van der Waals surface area contributed by atoms with Crippen molar-refractivity contribution in [2.75, 3.05) is 5.73 Å². The summed E-state index contributed by atoms with van der Waals surface area (Å²) in [6, 6.07) is 9.16. The van der Waals surface area contributed by atoms with Gasteiger partial charge in [0.25, 0.3) is 5.91 Å². The van der Waals surface area contributed by atoms with Gasteiger partial charge in [-0.05, 0) is 42.3 Å². The van der Waals surface area contributed by atoms with E-state index in [4.69, 9.17) is 16.1 Å². The Hall–Kier alpha value is -3.40. The molecule has 28 heavy (non-hydrogen) atoms. The molecule has 7 nitrogen and oxygen atoms in total. The Morgan fingerprint density at radius 2 is 1.79 bits per heavy atom. The van der Waals surface area contributed by atoms with Crippen molar-refractivity contribution in [2.45, 2.75) is 19.6 Å². The van der Waals surface area contributed by atoms with E-state index in [-0.39, 0.29) is 23.7 Å². The molecule has 0 saturated carbocycles. The van der Waals surface area contributed by atoms with Gasteiger partial charge in [-0.3, -0.25) is 9.80 Å². The molecule has 0 fully saturated rings. The van der Waals surface area contributed by atoms with Crippen LogP contribution in [0.3, 0.4) is 0 Å². The highest BCUT2D eigenvalue weighted by Gasteiger charge is 2.30. The summed E-state index contributed by atoms with van der Waals surface area (Å²) in [4.78, 5) is 16.6. The van der Waals surface area contributed by atoms with Crippen molar-refractivity contribution in [1.82, 2.24) is 15.1 Å². The Morgan fingerprint density at radius 3 is 2.36 bits per heavy atom. The summed E-state index contributed by atoms with van der Waals surface area (Å²) in [6.07, 6.45) is -4.42. The first kappa shape index (κ1) is 19.4. The molecule has 1 aromatic heterocycles. The molecular weight excluding hydrogens is 375 g/mol. The summed E-state index contributed by atoms with van der Waals surface area (Å²) in [5.74, 6) is 5.76. The molecule has 0 saturated heterocycles. The molecule has 0 spiro atoms. The lowest BCUT2D eigenvalue weighted by Gasteiger charge is -2.16. The van der Waals surface area contributed by atoms with Crippen molar-refractivity contribution in [3.05, 3.63) is 65.3 Å². The van der Waals surface area contributed by atoms with Gasteiger partial charge in [0.1, 0.15) is 6.54 Å². The van der Waals surface area contributed by atoms with Crippen LogP contribution in [0.2, 0.25) is 0 Å². The molecule has 0 atom stereocenters. The Balaban J connectivity index is 1.85. The number of nitrogens with zero attached hydrogens (tertiary/aromatic N) is 3. The summed E-state index contributed by atoms with van der Waals surface area (Å²) in [7, 11) is 0.